The van der Waals surface area contributed by atoms with E-state index in [1.807, 2.05) is 18.2 Å². The lowest BCUT2D eigenvalue weighted by Crippen LogP contribution is -2.04. The van der Waals surface area contributed by atoms with Crippen molar-refractivity contribution >= 4 is 28.5 Å². The van der Waals surface area contributed by atoms with Gasteiger partial charge < -0.3 is 5.73 Å². The molecule has 0 spiro atoms. The smallest absolute Gasteiger partial charge is 0.139 e. The van der Waals surface area contributed by atoms with Gasteiger partial charge in [-0.05, 0) is 12.1 Å². The maximum Gasteiger partial charge on any atom is 0.139 e. The summed E-state index contributed by atoms with van der Waals surface area (Å²) in [7, 11) is 0. The van der Waals surface area contributed by atoms with Gasteiger partial charge in [0.1, 0.15) is 11.0 Å². The Bertz CT molecular complexity index is 680. The number of benzene rings is 1. The summed E-state index contributed by atoms with van der Waals surface area (Å²) in [5.41, 5.74) is 7.84. The van der Waals surface area contributed by atoms with Crippen molar-refractivity contribution in [3.05, 3.63) is 42.7 Å². The summed E-state index contributed by atoms with van der Waals surface area (Å²) in [6.45, 7) is 0.744. The molecule has 2 N–H and O–H groups in total. The number of thioether (sulfide) groups is 1. The molecule has 0 bridgehead atoms. The van der Waals surface area contributed by atoms with Gasteiger partial charge in [-0.3, -0.25) is 4.98 Å². The average Bonchev–Trinajstić information content (AvgIpc) is 2.84. The molecule has 3 rings (SSSR count). The molecule has 6 heteroatoms. The number of aromatic nitrogens is 4. The Kier molecular flexibility index (Phi) is 3.33. The second-order valence-electron chi connectivity index (χ2n) is 4.05. The molecule has 0 saturated heterocycles. The lowest BCUT2D eigenvalue weighted by atomic mass is 10.4. The first-order chi connectivity index (χ1) is 9.33. The highest BCUT2D eigenvalue weighted by Crippen LogP contribution is 2.18. The molecule has 96 valence electrons. The van der Waals surface area contributed by atoms with Crippen molar-refractivity contribution in [3.63, 3.8) is 0 Å². The summed E-state index contributed by atoms with van der Waals surface area (Å²) in [5, 5.41) is 8.73. The van der Waals surface area contributed by atoms with Gasteiger partial charge in [0.2, 0.25) is 0 Å². The van der Waals surface area contributed by atoms with Crippen molar-refractivity contribution in [2.24, 2.45) is 0 Å². The molecule has 0 aliphatic rings. The zero-order valence-corrected chi connectivity index (χ0v) is 11.0. The van der Waals surface area contributed by atoms with E-state index in [2.05, 4.69) is 27.3 Å². The standard InChI is InChI=1S/C13H13N5S/c14-11-8-15-9-12-13(11)17-18(16-12)6-7-19-10-4-2-1-3-5-10/h1-5,8-9H,6-7,14H2. The van der Waals surface area contributed by atoms with Crippen molar-refractivity contribution in [2.45, 2.75) is 11.4 Å². The molecule has 2 heterocycles. The van der Waals surface area contributed by atoms with Gasteiger partial charge in [0.05, 0.1) is 24.6 Å². The molecule has 0 aliphatic carbocycles. The van der Waals surface area contributed by atoms with Gasteiger partial charge in [-0.15, -0.1) is 11.8 Å². The Labute approximate surface area is 114 Å². The molecule has 0 unspecified atom stereocenters. The van der Waals surface area contributed by atoms with Crippen LogP contribution in [0.1, 0.15) is 0 Å². The molecule has 3 aromatic rings. The minimum atomic E-state index is 0.569. The van der Waals surface area contributed by atoms with Crippen LogP contribution >= 0.6 is 11.8 Å². The minimum absolute atomic E-state index is 0.569. The molecule has 0 aliphatic heterocycles. The number of aryl methyl sites for hydroxylation is 1. The first-order valence-electron chi connectivity index (χ1n) is 5.95. The van der Waals surface area contributed by atoms with E-state index in [-0.39, 0.29) is 0 Å². The minimum Gasteiger partial charge on any atom is -0.396 e. The van der Waals surface area contributed by atoms with Crippen molar-refractivity contribution in [2.75, 3.05) is 11.5 Å². The predicted octanol–water partition coefficient (Wildman–Crippen LogP) is 2.20. The number of fused-ring (bicyclic) bond motifs is 1. The number of anilines is 1. The largest absolute Gasteiger partial charge is 0.396 e. The first kappa shape index (κ1) is 12.0. The monoisotopic (exact) mass is 271 g/mol. The lowest BCUT2D eigenvalue weighted by molar-refractivity contribution is 0.583. The van der Waals surface area contributed by atoms with Crippen LogP contribution in [0.15, 0.2) is 47.6 Å². The molecular formula is C13H13N5S. The van der Waals surface area contributed by atoms with Crippen LogP contribution in [0, 0.1) is 0 Å². The van der Waals surface area contributed by atoms with Crippen LogP contribution in [0.2, 0.25) is 0 Å². The Morgan fingerprint density at radius 2 is 1.95 bits per heavy atom. The van der Waals surface area contributed by atoms with E-state index in [1.54, 1.807) is 29.0 Å². The van der Waals surface area contributed by atoms with Crippen molar-refractivity contribution in [1.82, 2.24) is 20.0 Å². The molecule has 0 saturated carbocycles. The third-order valence-corrected chi connectivity index (χ3v) is 3.66. The van der Waals surface area contributed by atoms with Crippen LogP contribution in [0.25, 0.3) is 11.0 Å². The average molecular weight is 271 g/mol. The van der Waals surface area contributed by atoms with Gasteiger partial charge in [0.15, 0.2) is 0 Å². The fraction of sp³-hybridized carbons (Fsp3) is 0.154. The summed E-state index contributed by atoms with van der Waals surface area (Å²) in [6, 6.07) is 10.3. The molecule has 19 heavy (non-hydrogen) atoms. The van der Waals surface area contributed by atoms with Gasteiger partial charge in [-0.1, -0.05) is 18.2 Å². The molecule has 0 amide bonds. The SMILES string of the molecule is Nc1cncc2nn(CCSc3ccccc3)nc12. The van der Waals surface area contributed by atoms with Gasteiger partial charge >= 0.3 is 0 Å². The molecule has 1 aromatic carbocycles. The lowest BCUT2D eigenvalue weighted by Gasteiger charge is -2.00. The maximum atomic E-state index is 5.81. The van der Waals surface area contributed by atoms with Crippen molar-refractivity contribution in [3.8, 4) is 0 Å². The van der Waals surface area contributed by atoms with Gasteiger partial charge in [-0.2, -0.15) is 15.0 Å². The predicted molar refractivity (Wildman–Crippen MR) is 76.9 cm³/mol. The maximum absolute atomic E-state index is 5.81. The summed E-state index contributed by atoms with van der Waals surface area (Å²) >= 11 is 1.78. The van der Waals surface area contributed by atoms with E-state index < -0.39 is 0 Å². The fourth-order valence-electron chi connectivity index (χ4n) is 1.76. The van der Waals surface area contributed by atoms with Crippen molar-refractivity contribution < 1.29 is 0 Å². The van der Waals surface area contributed by atoms with E-state index in [9.17, 15) is 0 Å². The number of hydrogen-bond donors (Lipinski definition) is 1. The normalized spacial score (nSPS) is 10.9. The van der Waals surface area contributed by atoms with Crippen LogP contribution in [0.3, 0.4) is 0 Å². The van der Waals surface area contributed by atoms with E-state index in [1.165, 1.54) is 4.90 Å². The van der Waals surface area contributed by atoms with Crippen LogP contribution in [-0.4, -0.2) is 25.7 Å². The highest BCUT2D eigenvalue weighted by atomic mass is 32.2. The Hall–Kier alpha value is -2.08. The van der Waals surface area contributed by atoms with Gasteiger partial charge in [-0.25, -0.2) is 0 Å². The fourth-order valence-corrected chi connectivity index (χ4v) is 2.60. The quantitative estimate of drug-likeness (QED) is 0.737. The molecule has 2 aromatic heterocycles. The zero-order valence-electron chi connectivity index (χ0n) is 10.2. The van der Waals surface area contributed by atoms with Gasteiger partial charge in [0, 0.05) is 10.6 Å². The van der Waals surface area contributed by atoms with E-state index in [0.29, 0.717) is 5.69 Å². The molecule has 5 nitrogen and oxygen atoms in total. The van der Waals surface area contributed by atoms with Gasteiger partial charge in [0.25, 0.3) is 0 Å². The summed E-state index contributed by atoms with van der Waals surface area (Å²) in [4.78, 5) is 6.94. The van der Waals surface area contributed by atoms with Crippen LogP contribution < -0.4 is 5.73 Å². The number of nitrogens with two attached hydrogens (primary N) is 1. The Morgan fingerprint density at radius 1 is 1.11 bits per heavy atom. The second-order valence-corrected chi connectivity index (χ2v) is 5.22. The Morgan fingerprint density at radius 3 is 2.74 bits per heavy atom. The third-order valence-electron chi connectivity index (χ3n) is 2.67. The van der Waals surface area contributed by atoms with Crippen LogP contribution in [0.5, 0.6) is 0 Å². The number of hydrogen-bond acceptors (Lipinski definition) is 5. The van der Waals surface area contributed by atoms with Crippen molar-refractivity contribution in [1.29, 1.82) is 0 Å². The Balaban J connectivity index is 1.67. The topological polar surface area (TPSA) is 69.6 Å². The molecular weight excluding hydrogens is 258 g/mol. The highest BCUT2D eigenvalue weighted by molar-refractivity contribution is 7.99. The van der Waals surface area contributed by atoms with E-state index in [0.717, 1.165) is 23.3 Å². The summed E-state index contributed by atoms with van der Waals surface area (Å²) in [6.07, 6.45) is 3.28. The molecule has 0 fully saturated rings. The van der Waals surface area contributed by atoms with Crippen LogP contribution in [0.4, 0.5) is 5.69 Å². The molecule has 0 radical (unpaired) electrons. The second kappa shape index (κ2) is 5.27. The van der Waals surface area contributed by atoms with E-state index >= 15 is 0 Å². The number of nitrogen functional groups attached to an aromatic ring is 1. The van der Waals surface area contributed by atoms with E-state index in [4.69, 9.17) is 5.73 Å². The number of nitrogens with zero attached hydrogens (tertiary/aromatic N) is 4. The zero-order chi connectivity index (χ0) is 13.1. The highest BCUT2D eigenvalue weighted by Gasteiger charge is 2.05. The summed E-state index contributed by atoms with van der Waals surface area (Å²) < 4.78 is 0. The van der Waals surface area contributed by atoms with Crippen LogP contribution in [-0.2, 0) is 6.54 Å². The number of pyridine rings is 1. The third kappa shape index (κ3) is 2.68. The number of rotatable bonds is 4. The summed E-state index contributed by atoms with van der Waals surface area (Å²) in [5.74, 6) is 0.915. The first-order valence-corrected chi connectivity index (χ1v) is 6.93. The molecule has 0 atom stereocenters.